The van der Waals surface area contributed by atoms with Crippen LogP contribution in [0.1, 0.15) is 40.0 Å². The molecule has 0 spiro atoms. The molecule has 1 aliphatic heterocycles. The number of hydrogen-bond acceptors (Lipinski definition) is 4. The van der Waals surface area contributed by atoms with Crippen molar-refractivity contribution in [3.05, 3.63) is 0 Å². The van der Waals surface area contributed by atoms with E-state index in [9.17, 15) is 4.79 Å². The van der Waals surface area contributed by atoms with Crippen molar-refractivity contribution in [1.82, 2.24) is 4.90 Å². The normalized spacial score (nSPS) is 22.8. The molecule has 0 amide bonds. The van der Waals surface area contributed by atoms with Crippen molar-refractivity contribution in [3.8, 4) is 0 Å². The van der Waals surface area contributed by atoms with E-state index < -0.39 is 6.04 Å². The zero-order valence-corrected chi connectivity index (χ0v) is 11.4. The third kappa shape index (κ3) is 5.04. The molecule has 0 bridgehead atoms. The summed E-state index contributed by atoms with van der Waals surface area (Å²) in [5.74, 6) is -0.281. The van der Waals surface area contributed by atoms with Crippen LogP contribution in [0.5, 0.6) is 0 Å². The summed E-state index contributed by atoms with van der Waals surface area (Å²) in [6, 6.07) is -0.504. The fourth-order valence-corrected chi connectivity index (χ4v) is 2.26. The van der Waals surface area contributed by atoms with Crippen molar-refractivity contribution >= 4 is 5.97 Å². The molecule has 1 saturated heterocycles. The van der Waals surface area contributed by atoms with E-state index >= 15 is 0 Å². The van der Waals surface area contributed by atoms with E-state index in [0.29, 0.717) is 18.6 Å². The first-order valence-corrected chi connectivity index (χ1v) is 6.59. The molecule has 0 aromatic carbocycles. The maximum atomic E-state index is 11.5. The molecule has 0 saturated carbocycles. The second-order valence-corrected chi connectivity index (χ2v) is 5.68. The summed E-state index contributed by atoms with van der Waals surface area (Å²) in [5, 5.41) is 0. The largest absolute Gasteiger partial charge is 0.465 e. The number of esters is 1. The van der Waals surface area contributed by atoms with Crippen LogP contribution >= 0.6 is 0 Å². The van der Waals surface area contributed by atoms with Crippen LogP contribution in [-0.4, -0.2) is 43.2 Å². The Balaban J connectivity index is 2.38. The lowest BCUT2D eigenvalue weighted by Crippen LogP contribution is -2.44. The fourth-order valence-electron chi connectivity index (χ4n) is 2.26. The molecule has 2 N–H and O–H groups in total. The van der Waals surface area contributed by atoms with Crippen LogP contribution in [0.4, 0.5) is 0 Å². The lowest BCUT2D eigenvalue weighted by atomic mass is 9.85. The van der Waals surface area contributed by atoms with Gasteiger partial charge in [-0.05, 0) is 44.7 Å². The van der Waals surface area contributed by atoms with Crippen LogP contribution in [-0.2, 0) is 9.53 Å². The summed E-state index contributed by atoms with van der Waals surface area (Å²) in [4.78, 5) is 13.7. The molecule has 4 heteroatoms. The van der Waals surface area contributed by atoms with Crippen LogP contribution in [0, 0.1) is 5.41 Å². The lowest BCUT2D eigenvalue weighted by molar-refractivity contribution is -0.145. The van der Waals surface area contributed by atoms with E-state index in [1.807, 2.05) is 0 Å². The third-order valence-electron chi connectivity index (χ3n) is 3.48. The Morgan fingerprint density at radius 1 is 1.41 bits per heavy atom. The van der Waals surface area contributed by atoms with E-state index in [2.05, 4.69) is 18.7 Å². The number of hydrogen-bond donors (Lipinski definition) is 1. The van der Waals surface area contributed by atoms with Crippen molar-refractivity contribution in [2.45, 2.75) is 46.1 Å². The maximum Gasteiger partial charge on any atom is 0.324 e. The van der Waals surface area contributed by atoms with Gasteiger partial charge in [-0.2, -0.15) is 0 Å². The van der Waals surface area contributed by atoms with E-state index in [4.69, 9.17) is 10.5 Å². The molecule has 100 valence electrons. The minimum absolute atomic E-state index is 0.281. The molecular formula is C13H26N2O2. The molecule has 1 rings (SSSR count). The van der Waals surface area contributed by atoms with Crippen LogP contribution in [0.2, 0.25) is 0 Å². The van der Waals surface area contributed by atoms with Crippen molar-refractivity contribution in [2.75, 3.05) is 26.2 Å². The second kappa shape index (κ2) is 6.36. The molecule has 1 heterocycles. The Hall–Kier alpha value is -0.610. The van der Waals surface area contributed by atoms with Crippen molar-refractivity contribution < 1.29 is 9.53 Å². The number of likely N-dealkylation sites (tertiary alicyclic amines) is 1. The monoisotopic (exact) mass is 242 g/mol. The highest BCUT2D eigenvalue weighted by molar-refractivity contribution is 5.75. The first-order chi connectivity index (χ1) is 7.94. The molecule has 0 aromatic rings. The van der Waals surface area contributed by atoms with Gasteiger partial charge in [-0.15, -0.1) is 0 Å². The Bertz CT molecular complexity index is 254. The highest BCUT2D eigenvalue weighted by Gasteiger charge is 2.25. The highest BCUT2D eigenvalue weighted by Crippen LogP contribution is 2.29. The Kier molecular flexibility index (Phi) is 5.40. The van der Waals surface area contributed by atoms with Gasteiger partial charge in [0, 0.05) is 6.54 Å². The quantitative estimate of drug-likeness (QED) is 0.757. The van der Waals surface area contributed by atoms with Gasteiger partial charge in [-0.3, -0.25) is 4.79 Å². The molecule has 1 fully saturated rings. The molecule has 4 nitrogen and oxygen atoms in total. The summed E-state index contributed by atoms with van der Waals surface area (Å²) in [7, 11) is 0. The average Bonchev–Trinajstić information content (AvgIpc) is 2.41. The summed E-state index contributed by atoms with van der Waals surface area (Å²) >= 11 is 0. The lowest BCUT2D eigenvalue weighted by Gasteiger charge is -2.24. The van der Waals surface area contributed by atoms with Gasteiger partial charge in [0.1, 0.15) is 6.04 Å². The van der Waals surface area contributed by atoms with Crippen LogP contribution in [0.3, 0.4) is 0 Å². The SMILES string of the molecule is CCOC(=O)C(N)CN1CCCC(C)(C)CC1. The molecule has 1 aliphatic rings. The Labute approximate surface area is 104 Å². The number of rotatable bonds is 4. The minimum atomic E-state index is -0.504. The smallest absolute Gasteiger partial charge is 0.324 e. The molecule has 0 aliphatic carbocycles. The van der Waals surface area contributed by atoms with E-state index in [-0.39, 0.29) is 5.97 Å². The number of nitrogens with two attached hydrogens (primary N) is 1. The van der Waals surface area contributed by atoms with Gasteiger partial charge in [-0.25, -0.2) is 0 Å². The van der Waals surface area contributed by atoms with Crippen molar-refractivity contribution in [3.63, 3.8) is 0 Å². The van der Waals surface area contributed by atoms with Gasteiger partial charge in [-0.1, -0.05) is 13.8 Å². The van der Waals surface area contributed by atoms with E-state index in [1.165, 1.54) is 19.3 Å². The zero-order valence-electron chi connectivity index (χ0n) is 11.4. The number of ether oxygens (including phenoxy) is 1. The molecule has 1 atom stereocenters. The van der Waals surface area contributed by atoms with Crippen LogP contribution in [0.15, 0.2) is 0 Å². The predicted octanol–water partition coefficient (Wildman–Crippen LogP) is 1.39. The summed E-state index contributed by atoms with van der Waals surface area (Å²) in [6.07, 6.45) is 3.60. The average molecular weight is 242 g/mol. The minimum Gasteiger partial charge on any atom is -0.465 e. The maximum absolute atomic E-state index is 11.5. The van der Waals surface area contributed by atoms with E-state index in [1.54, 1.807) is 6.92 Å². The molecule has 0 aromatic heterocycles. The molecule has 1 unspecified atom stereocenters. The van der Waals surface area contributed by atoms with Gasteiger partial charge < -0.3 is 15.4 Å². The topological polar surface area (TPSA) is 55.6 Å². The Morgan fingerprint density at radius 3 is 2.76 bits per heavy atom. The van der Waals surface area contributed by atoms with Crippen molar-refractivity contribution in [1.29, 1.82) is 0 Å². The summed E-state index contributed by atoms with van der Waals surface area (Å²) in [6.45, 7) is 9.51. The first-order valence-electron chi connectivity index (χ1n) is 6.59. The third-order valence-corrected chi connectivity index (χ3v) is 3.48. The van der Waals surface area contributed by atoms with Gasteiger partial charge >= 0.3 is 5.97 Å². The van der Waals surface area contributed by atoms with Gasteiger partial charge in [0.2, 0.25) is 0 Å². The number of nitrogens with zero attached hydrogens (tertiary/aromatic N) is 1. The standard InChI is InChI=1S/C13H26N2O2/c1-4-17-12(16)11(14)10-15-8-5-6-13(2,3)7-9-15/h11H,4-10,14H2,1-3H3. The fraction of sp³-hybridized carbons (Fsp3) is 0.923. The number of carbonyl (C=O) groups is 1. The van der Waals surface area contributed by atoms with Gasteiger partial charge in [0.05, 0.1) is 6.61 Å². The molecule has 17 heavy (non-hydrogen) atoms. The summed E-state index contributed by atoms with van der Waals surface area (Å²) < 4.78 is 4.93. The van der Waals surface area contributed by atoms with Gasteiger partial charge in [0.15, 0.2) is 0 Å². The molecule has 0 radical (unpaired) electrons. The zero-order chi connectivity index (χ0) is 12.9. The first kappa shape index (κ1) is 14.5. The second-order valence-electron chi connectivity index (χ2n) is 5.68. The highest BCUT2D eigenvalue weighted by atomic mass is 16.5. The van der Waals surface area contributed by atoms with Crippen LogP contribution < -0.4 is 5.73 Å². The van der Waals surface area contributed by atoms with Crippen molar-refractivity contribution in [2.24, 2.45) is 11.1 Å². The number of carbonyl (C=O) groups excluding carboxylic acids is 1. The molecular weight excluding hydrogens is 216 g/mol. The van der Waals surface area contributed by atoms with Crippen LogP contribution in [0.25, 0.3) is 0 Å². The van der Waals surface area contributed by atoms with E-state index in [0.717, 1.165) is 13.1 Å². The Morgan fingerprint density at radius 2 is 2.12 bits per heavy atom. The van der Waals surface area contributed by atoms with Gasteiger partial charge in [0.25, 0.3) is 0 Å². The summed E-state index contributed by atoms with van der Waals surface area (Å²) in [5.41, 5.74) is 6.26. The predicted molar refractivity (Wildman–Crippen MR) is 68.7 cm³/mol.